The molecule has 5 nitrogen and oxygen atoms in total. The van der Waals surface area contributed by atoms with E-state index < -0.39 is 0 Å². The molecular formula is C19H33N3O2. The number of rotatable bonds is 6. The quantitative estimate of drug-likeness (QED) is 0.445. The van der Waals surface area contributed by atoms with Crippen LogP contribution < -0.4 is 10.6 Å². The van der Waals surface area contributed by atoms with Crippen LogP contribution in [0.5, 0.6) is 0 Å². The number of nitrogens with one attached hydrogen (secondary N) is 2. The van der Waals surface area contributed by atoms with Crippen LogP contribution in [0.15, 0.2) is 16.6 Å². The van der Waals surface area contributed by atoms with Gasteiger partial charge in [-0.25, -0.2) is 0 Å². The van der Waals surface area contributed by atoms with Crippen LogP contribution in [-0.4, -0.2) is 51.5 Å². The van der Waals surface area contributed by atoms with E-state index in [9.17, 15) is 0 Å². The molecule has 0 bridgehead atoms. The van der Waals surface area contributed by atoms with Gasteiger partial charge in [-0.05, 0) is 39.0 Å². The maximum absolute atomic E-state index is 6.00. The summed E-state index contributed by atoms with van der Waals surface area (Å²) in [6, 6.07) is 0.505. The molecular weight excluding hydrogens is 302 g/mol. The van der Waals surface area contributed by atoms with Gasteiger partial charge in [-0.3, -0.25) is 4.99 Å². The van der Waals surface area contributed by atoms with Gasteiger partial charge >= 0.3 is 0 Å². The summed E-state index contributed by atoms with van der Waals surface area (Å²) in [5, 5.41) is 7.16. The van der Waals surface area contributed by atoms with Crippen LogP contribution >= 0.6 is 0 Å². The first-order chi connectivity index (χ1) is 11.8. The number of nitrogens with zero attached hydrogens (tertiary/aromatic N) is 1. The predicted octanol–water partition coefficient (Wildman–Crippen LogP) is 2.63. The van der Waals surface area contributed by atoms with Crippen LogP contribution in [0.25, 0.3) is 0 Å². The Morgan fingerprint density at radius 1 is 1.42 bits per heavy atom. The van der Waals surface area contributed by atoms with Crippen molar-refractivity contribution in [1.82, 2.24) is 10.6 Å². The molecule has 2 atom stereocenters. The standard InChI is InChI=1S/C19H33N3O2/c1-3-24-17-14-16(19(17)9-4-5-10-19)22-18(20-2)21-11-6-15-7-12-23-13-8-15/h7,16-17H,3-6,8-14H2,1-2H3,(H2,20,21,22). The van der Waals surface area contributed by atoms with Crippen LogP contribution in [-0.2, 0) is 9.47 Å². The molecule has 0 aromatic rings. The Hall–Kier alpha value is -1.07. The summed E-state index contributed by atoms with van der Waals surface area (Å²) in [7, 11) is 1.86. The van der Waals surface area contributed by atoms with Crippen LogP contribution in [0, 0.1) is 5.41 Å². The van der Waals surface area contributed by atoms with Crippen molar-refractivity contribution in [1.29, 1.82) is 0 Å². The normalized spacial score (nSPS) is 29.2. The lowest BCUT2D eigenvalue weighted by Gasteiger charge is -2.54. The van der Waals surface area contributed by atoms with Crippen LogP contribution in [0.3, 0.4) is 0 Å². The third kappa shape index (κ3) is 3.77. The maximum Gasteiger partial charge on any atom is 0.191 e. The minimum absolute atomic E-state index is 0.344. The zero-order valence-electron chi connectivity index (χ0n) is 15.3. The summed E-state index contributed by atoms with van der Waals surface area (Å²) >= 11 is 0. The first-order valence-electron chi connectivity index (χ1n) is 9.63. The van der Waals surface area contributed by atoms with E-state index in [1.807, 2.05) is 7.05 Å². The molecule has 1 aliphatic heterocycles. The Balaban J connectivity index is 1.47. The molecule has 24 heavy (non-hydrogen) atoms. The van der Waals surface area contributed by atoms with Crippen molar-refractivity contribution in [2.24, 2.45) is 10.4 Å². The van der Waals surface area contributed by atoms with Gasteiger partial charge in [0.15, 0.2) is 5.96 Å². The number of hydrogen-bond acceptors (Lipinski definition) is 3. The van der Waals surface area contributed by atoms with E-state index in [2.05, 4.69) is 28.6 Å². The topological polar surface area (TPSA) is 54.9 Å². The monoisotopic (exact) mass is 335 g/mol. The fourth-order valence-corrected chi connectivity index (χ4v) is 4.58. The first kappa shape index (κ1) is 17.7. The van der Waals surface area contributed by atoms with Crippen molar-refractivity contribution in [3.63, 3.8) is 0 Å². The molecule has 3 aliphatic rings. The highest BCUT2D eigenvalue weighted by Crippen LogP contribution is 2.54. The highest BCUT2D eigenvalue weighted by Gasteiger charge is 2.56. The molecule has 0 saturated heterocycles. The van der Waals surface area contributed by atoms with Gasteiger partial charge in [0.05, 0.1) is 19.3 Å². The van der Waals surface area contributed by atoms with Gasteiger partial charge in [-0.1, -0.05) is 24.5 Å². The minimum atomic E-state index is 0.344. The Labute approximate surface area is 146 Å². The fourth-order valence-electron chi connectivity index (χ4n) is 4.58. The zero-order chi connectivity index (χ0) is 16.8. The van der Waals surface area contributed by atoms with Gasteiger partial charge in [-0.15, -0.1) is 0 Å². The van der Waals surface area contributed by atoms with E-state index in [4.69, 9.17) is 9.47 Å². The fraction of sp³-hybridized carbons (Fsp3) is 0.842. The second-order valence-corrected chi connectivity index (χ2v) is 7.25. The molecule has 0 aromatic heterocycles. The van der Waals surface area contributed by atoms with Crippen molar-refractivity contribution >= 4 is 5.96 Å². The van der Waals surface area contributed by atoms with E-state index in [0.717, 1.165) is 51.6 Å². The third-order valence-electron chi connectivity index (χ3n) is 6.02. The molecule has 0 aromatic carbocycles. The van der Waals surface area contributed by atoms with Gasteiger partial charge in [0.2, 0.25) is 0 Å². The third-order valence-corrected chi connectivity index (χ3v) is 6.02. The number of ether oxygens (including phenoxy) is 2. The van der Waals surface area contributed by atoms with Crippen LogP contribution in [0.2, 0.25) is 0 Å². The smallest absolute Gasteiger partial charge is 0.191 e. The van der Waals surface area contributed by atoms with Gasteiger partial charge in [0.25, 0.3) is 0 Å². The van der Waals surface area contributed by atoms with E-state index in [1.165, 1.54) is 31.3 Å². The highest BCUT2D eigenvalue weighted by molar-refractivity contribution is 5.80. The van der Waals surface area contributed by atoms with Crippen LogP contribution in [0.1, 0.15) is 51.9 Å². The van der Waals surface area contributed by atoms with Gasteiger partial charge in [0.1, 0.15) is 0 Å². The molecule has 1 heterocycles. The average Bonchev–Trinajstić information content (AvgIpc) is 3.13. The summed E-state index contributed by atoms with van der Waals surface area (Å²) in [5.41, 5.74) is 1.84. The molecule has 136 valence electrons. The summed E-state index contributed by atoms with van der Waals surface area (Å²) in [5.74, 6) is 0.939. The number of aliphatic imine (C=N–C) groups is 1. The average molecular weight is 335 g/mol. The van der Waals surface area contributed by atoms with Crippen molar-refractivity contribution in [2.45, 2.75) is 64.0 Å². The predicted molar refractivity (Wildman–Crippen MR) is 97.4 cm³/mol. The summed E-state index contributed by atoms with van der Waals surface area (Å²) in [6.45, 7) is 5.49. The van der Waals surface area contributed by atoms with E-state index >= 15 is 0 Å². The zero-order valence-corrected chi connectivity index (χ0v) is 15.3. The lowest BCUT2D eigenvalue weighted by atomic mass is 9.60. The van der Waals surface area contributed by atoms with Crippen molar-refractivity contribution in [3.05, 3.63) is 11.6 Å². The van der Waals surface area contributed by atoms with Crippen LogP contribution in [0.4, 0.5) is 0 Å². The minimum Gasteiger partial charge on any atom is -0.378 e. The maximum atomic E-state index is 6.00. The van der Waals surface area contributed by atoms with Crippen molar-refractivity contribution < 1.29 is 9.47 Å². The highest BCUT2D eigenvalue weighted by atomic mass is 16.5. The summed E-state index contributed by atoms with van der Waals surface area (Å²) in [4.78, 5) is 4.43. The van der Waals surface area contributed by atoms with E-state index in [-0.39, 0.29) is 0 Å². The molecule has 2 unspecified atom stereocenters. The summed E-state index contributed by atoms with van der Waals surface area (Å²) in [6.07, 6.45) is 11.2. The Morgan fingerprint density at radius 3 is 2.92 bits per heavy atom. The second kappa shape index (κ2) is 8.34. The van der Waals surface area contributed by atoms with Crippen molar-refractivity contribution in [2.75, 3.05) is 33.4 Å². The molecule has 0 radical (unpaired) electrons. The lowest BCUT2D eigenvalue weighted by molar-refractivity contribution is -0.125. The van der Waals surface area contributed by atoms with Gasteiger partial charge in [0, 0.05) is 31.7 Å². The lowest BCUT2D eigenvalue weighted by Crippen LogP contribution is -2.65. The molecule has 2 aliphatic carbocycles. The number of guanidine groups is 1. The Kier molecular flexibility index (Phi) is 6.17. The molecule has 3 rings (SSSR count). The van der Waals surface area contributed by atoms with Gasteiger partial charge in [-0.2, -0.15) is 0 Å². The van der Waals surface area contributed by atoms with Gasteiger partial charge < -0.3 is 20.1 Å². The van der Waals surface area contributed by atoms with E-state index in [0.29, 0.717) is 17.6 Å². The van der Waals surface area contributed by atoms with Crippen molar-refractivity contribution in [3.8, 4) is 0 Å². The molecule has 5 heteroatoms. The Bertz CT molecular complexity index is 469. The number of hydrogen-bond donors (Lipinski definition) is 2. The molecule has 2 N–H and O–H groups in total. The largest absolute Gasteiger partial charge is 0.378 e. The molecule has 2 saturated carbocycles. The first-order valence-corrected chi connectivity index (χ1v) is 9.63. The second-order valence-electron chi connectivity index (χ2n) is 7.25. The molecule has 0 amide bonds. The Morgan fingerprint density at radius 2 is 2.25 bits per heavy atom. The summed E-state index contributed by atoms with van der Waals surface area (Å²) < 4.78 is 11.4. The SMILES string of the molecule is CCOC1CC(NC(=NC)NCCC2=CCOCC2)C12CCCC2. The van der Waals surface area contributed by atoms with E-state index in [1.54, 1.807) is 0 Å². The molecule has 1 spiro atoms. The molecule has 2 fully saturated rings.